The number of alkyl halides is 4. The maximum absolute atomic E-state index is 14.9. The van der Waals surface area contributed by atoms with Gasteiger partial charge in [0.05, 0.1) is 5.41 Å². The number of benzene rings is 2. The van der Waals surface area contributed by atoms with E-state index in [0.717, 1.165) is 11.1 Å². The molecule has 9 heteroatoms. The van der Waals surface area contributed by atoms with Gasteiger partial charge < -0.3 is 10.0 Å². The summed E-state index contributed by atoms with van der Waals surface area (Å²) in [6.07, 6.45) is -0.311. The van der Waals surface area contributed by atoms with Gasteiger partial charge in [-0.15, -0.1) is 0 Å². The summed E-state index contributed by atoms with van der Waals surface area (Å²) in [7, 11) is 0. The molecule has 0 bridgehead atoms. The van der Waals surface area contributed by atoms with Gasteiger partial charge in [0.1, 0.15) is 0 Å². The van der Waals surface area contributed by atoms with E-state index in [2.05, 4.69) is 0 Å². The van der Waals surface area contributed by atoms with Gasteiger partial charge in [-0.05, 0) is 99.1 Å². The van der Waals surface area contributed by atoms with E-state index in [-0.39, 0.29) is 17.9 Å². The minimum Gasteiger partial charge on any atom is -0.481 e. The Bertz CT molecular complexity index is 1320. The predicted molar refractivity (Wildman–Crippen MR) is 149 cm³/mol. The van der Waals surface area contributed by atoms with Crippen molar-refractivity contribution in [1.29, 1.82) is 0 Å². The lowest BCUT2D eigenvalue weighted by molar-refractivity contribution is -0.228. The molecule has 5 rings (SSSR count). The Labute approximate surface area is 243 Å². The summed E-state index contributed by atoms with van der Waals surface area (Å²) in [6.45, 7) is 2.95. The van der Waals surface area contributed by atoms with Gasteiger partial charge in [-0.2, -0.15) is 13.2 Å². The lowest BCUT2D eigenvalue weighted by atomic mass is 9.63. The molecule has 1 amide bonds. The van der Waals surface area contributed by atoms with Crippen molar-refractivity contribution in [2.75, 3.05) is 6.54 Å². The third-order valence-corrected chi connectivity index (χ3v) is 10.6. The van der Waals surface area contributed by atoms with Crippen LogP contribution < -0.4 is 0 Å². The second kappa shape index (κ2) is 10.6. The first-order valence-corrected chi connectivity index (χ1v) is 14.8. The van der Waals surface area contributed by atoms with Crippen LogP contribution in [0, 0.1) is 11.3 Å². The molecule has 222 valence electrons. The smallest absolute Gasteiger partial charge is 0.426 e. The highest BCUT2D eigenvalue weighted by Gasteiger charge is 2.56. The van der Waals surface area contributed by atoms with Crippen molar-refractivity contribution in [3.8, 4) is 0 Å². The first-order valence-electron chi connectivity index (χ1n) is 14.4. The molecule has 1 saturated heterocycles. The van der Waals surface area contributed by atoms with Crippen molar-refractivity contribution in [3.63, 3.8) is 0 Å². The van der Waals surface area contributed by atoms with Gasteiger partial charge in [0, 0.05) is 28.9 Å². The van der Waals surface area contributed by atoms with Crippen molar-refractivity contribution < 1.29 is 32.3 Å². The summed E-state index contributed by atoms with van der Waals surface area (Å²) in [5.41, 5.74) is -2.61. The first kappa shape index (κ1) is 29.9. The standard InChI is InChI=1S/C32H36ClF4NO3/c1-3-30(28(40)41)14-12-21(13-15-30)27(39)38-17-16-31(19-20-4-8-24(33)9-5-20)25-10-7-23(29(2,34)32(35,36)37)18-22(25)6-11-26(31)38/h4-5,7-10,18,21,26H,3,6,11-17,19H2,1-2H3,(H,40,41)/t21-,26?,29?,30-,31?. The molecule has 4 nitrogen and oxygen atoms in total. The average Bonchev–Trinajstić information content (AvgIpc) is 3.32. The molecule has 1 N–H and O–H groups in total. The van der Waals surface area contributed by atoms with Crippen LogP contribution in [0.25, 0.3) is 0 Å². The number of fused-ring (bicyclic) bond motifs is 3. The Hall–Kier alpha value is -2.61. The van der Waals surface area contributed by atoms with Gasteiger partial charge >= 0.3 is 12.1 Å². The summed E-state index contributed by atoms with van der Waals surface area (Å²) in [5, 5.41) is 10.4. The number of aryl methyl sites for hydroxylation is 1. The number of hydrogen-bond donors (Lipinski definition) is 1. The lowest BCUT2D eigenvalue weighted by Crippen LogP contribution is -2.51. The molecule has 3 unspecified atom stereocenters. The normalized spacial score (nSPS) is 29.4. The predicted octanol–water partition coefficient (Wildman–Crippen LogP) is 7.79. The van der Waals surface area contributed by atoms with E-state index < -0.39 is 34.2 Å². The number of rotatable bonds is 6. The maximum Gasteiger partial charge on any atom is 0.426 e. The fraction of sp³-hybridized carbons (Fsp3) is 0.562. The van der Waals surface area contributed by atoms with E-state index in [1.807, 2.05) is 24.0 Å². The summed E-state index contributed by atoms with van der Waals surface area (Å²) in [4.78, 5) is 27.8. The highest BCUT2D eigenvalue weighted by Crippen LogP contribution is 2.52. The molecule has 2 aliphatic carbocycles. The Morgan fingerprint density at radius 1 is 1.02 bits per heavy atom. The zero-order chi connectivity index (χ0) is 29.8. The largest absolute Gasteiger partial charge is 0.481 e. The van der Waals surface area contributed by atoms with Gasteiger partial charge in [-0.3, -0.25) is 9.59 Å². The van der Waals surface area contributed by atoms with Crippen LogP contribution in [-0.2, 0) is 33.5 Å². The Kier molecular flexibility index (Phi) is 7.71. The molecule has 3 atom stereocenters. The van der Waals surface area contributed by atoms with Crippen LogP contribution in [0.3, 0.4) is 0 Å². The number of carbonyl (C=O) groups is 2. The second-order valence-corrected chi connectivity index (χ2v) is 12.8. The minimum absolute atomic E-state index is 0.0385. The van der Waals surface area contributed by atoms with Crippen molar-refractivity contribution in [3.05, 3.63) is 69.7 Å². The zero-order valence-electron chi connectivity index (χ0n) is 23.4. The SMILES string of the molecule is CC[C@]1(C(=O)O)CC[C@H](C(=O)N2CCC3(Cc4ccc(Cl)cc4)c4ccc(C(C)(F)C(F)(F)F)cc4CCC23)CC1. The Balaban J connectivity index is 1.48. The minimum atomic E-state index is -5.04. The number of carbonyl (C=O) groups excluding carboxylic acids is 1. The number of nitrogens with zero attached hydrogens (tertiary/aromatic N) is 1. The van der Waals surface area contributed by atoms with Crippen LogP contribution in [0.4, 0.5) is 17.6 Å². The van der Waals surface area contributed by atoms with Gasteiger partial charge in [-0.25, -0.2) is 4.39 Å². The molecular formula is C32H36ClF4NO3. The third kappa shape index (κ3) is 5.04. The van der Waals surface area contributed by atoms with E-state index in [1.54, 1.807) is 18.2 Å². The van der Waals surface area contributed by atoms with Crippen LogP contribution in [0.5, 0.6) is 0 Å². The second-order valence-electron chi connectivity index (χ2n) is 12.4. The molecule has 0 aromatic heterocycles. The molecule has 1 saturated carbocycles. The fourth-order valence-electron chi connectivity index (χ4n) is 7.62. The molecule has 41 heavy (non-hydrogen) atoms. The summed E-state index contributed by atoms with van der Waals surface area (Å²) < 4.78 is 55.5. The van der Waals surface area contributed by atoms with Crippen molar-refractivity contribution in [2.24, 2.45) is 11.3 Å². The van der Waals surface area contributed by atoms with Crippen LogP contribution in [0.1, 0.15) is 81.0 Å². The summed E-state index contributed by atoms with van der Waals surface area (Å²) in [6, 6.07) is 11.6. The number of carboxylic acid groups (broad SMARTS) is 1. The number of aliphatic carboxylic acids is 1. The van der Waals surface area contributed by atoms with Crippen molar-refractivity contribution in [2.45, 2.75) is 94.9 Å². The van der Waals surface area contributed by atoms with Crippen molar-refractivity contribution in [1.82, 2.24) is 4.90 Å². The third-order valence-electron chi connectivity index (χ3n) is 10.4. The number of halogens is 5. The molecule has 1 aliphatic heterocycles. The summed E-state index contributed by atoms with van der Waals surface area (Å²) >= 11 is 6.13. The van der Waals surface area contributed by atoms with Crippen molar-refractivity contribution >= 4 is 23.5 Å². The number of amides is 1. The topological polar surface area (TPSA) is 57.6 Å². The van der Waals surface area contributed by atoms with Gasteiger partial charge in [-0.1, -0.05) is 48.9 Å². The van der Waals surface area contributed by atoms with Crippen LogP contribution in [0.2, 0.25) is 5.02 Å². The molecule has 3 aliphatic rings. The van der Waals surface area contributed by atoms with E-state index in [9.17, 15) is 32.3 Å². The lowest BCUT2D eigenvalue weighted by Gasteiger charge is -2.45. The Morgan fingerprint density at radius 3 is 2.27 bits per heavy atom. The van der Waals surface area contributed by atoms with Gasteiger partial charge in [0.15, 0.2) is 0 Å². The van der Waals surface area contributed by atoms with Gasteiger partial charge in [0.25, 0.3) is 0 Å². The molecule has 0 spiro atoms. The highest BCUT2D eigenvalue weighted by molar-refractivity contribution is 6.30. The summed E-state index contributed by atoms with van der Waals surface area (Å²) in [5.74, 6) is -1.01. The number of likely N-dealkylation sites (tertiary alicyclic amines) is 1. The molecule has 1 heterocycles. The molecule has 0 radical (unpaired) electrons. The number of hydrogen-bond acceptors (Lipinski definition) is 2. The van der Waals surface area contributed by atoms with Gasteiger partial charge in [0.2, 0.25) is 11.6 Å². The molecule has 2 fully saturated rings. The molecule has 2 aromatic rings. The van der Waals surface area contributed by atoms with Crippen LogP contribution >= 0.6 is 11.6 Å². The van der Waals surface area contributed by atoms with Crippen LogP contribution in [-0.4, -0.2) is 40.6 Å². The fourth-order valence-corrected chi connectivity index (χ4v) is 7.75. The highest BCUT2D eigenvalue weighted by atomic mass is 35.5. The van der Waals surface area contributed by atoms with E-state index in [0.29, 0.717) is 81.8 Å². The van der Waals surface area contributed by atoms with Crippen LogP contribution in [0.15, 0.2) is 42.5 Å². The number of carboxylic acids is 1. The monoisotopic (exact) mass is 593 g/mol. The maximum atomic E-state index is 14.9. The van der Waals surface area contributed by atoms with E-state index in [4.69, 9.17) is 11.6 Å². The average molecular weight is 594 g/mol. The van der Waals surface area contributed by atoms with E-state index in [1.165, 1.54) is 12.1 Å². The first-order chi connectivity index (χ1) is 19.2. The Morgan fingerprint density at radius 2 is 1.68 bits per heavy atom. The molecule has 2 aromatic carbocycles. The molecular weight excluding hydrogens is 558 g/mol. The quantitative estimate of drug-likeness (QED) is 0.348. The zero-order valence-corrected chi connectivity index (χ0v) is 24.1. The van der Waals surface area contributed by atoms with E-state index >= 15 is 0 Å².